The molecule has 3 aliphatic rings. The van der Waals surface area contributed by atoms with Crippen LogP contribution in [-0.2, 0) is 14.4 Å². The van der Waals surface area contributed by atoms with Gasteiger partial charge in [0.25, 0.3) is 0 Å². The van der Waals surface area contributed by atoms with Gasteiger partial charge in [0.2, 0.25) is 0 Å². The summed E-state index contributed by atoms with van der Waals surface area (Å²) in [5.41, 5.74) is 2.57. The third-order valence-electron chi connectivity index (χ3n) is 8.47. The highest BCUT2D eigenvalue weighted by Gasteiger charge is 2.36. The molecule has 0 saturated carbocycles. The summed E-state index contributed by atoms with van der Waals surface area (Å²) < 4.78 is 25.7. The fraction of sp³-hybridized carbons (Fsp3) is 0.364. The standard InChI is InChI=1S/C11H12ClNO2.2C11H12FNO2/c12-10-4-2-1-3-7(10)8-5-13-6-9(8)11(14)15;12-8-3-1-7(2-4-8)9-5-13-6-10(9)11(14)15;12-8-3-1-2-7(4-8)9-5-13-6-10(9)11(14)15/h1-4,8-9,13H,5-6H2,(H,14,15);2*1-4,9-10,13H,5-6H2,(H,14,15)/t8-,9+;9-,10+;/m00./s1. The first-order valence-corrected chi connectivity index (χ1v) is 15.0. The number of hydrogen-bond acceptors (Lipinski definition) is 6. The number of hydrogen-bond donors (Lipinski definition) is 6. The summed E-state index contributed by atoms with van der Waals surface area (Å²) in [5, 5.41) is 36.8. The Morgan fingerprint density at radius 2 is 1.07 bits per heavy atom. The van der Waals surface area contributed by atoms with Gasteiger partial charge in [-0.3, -0.25) is 14.4 Å². The molecule has 3 heterocycles. The van der Waals surface area contributed by atoms with Crippen LogP contribution in [0.5, 0.6) is 0 Å². The molecule has 3 aromatic carbocycles. The molecule has 6 rings (SSSR count). The maximum Gasteiger partial charge on any atom is 0.308 e. The fourth-order valence-electron chi connectivity index (χ4n) is 6.06. The van der Waals surface area contributed by atoms with Crippen LogP contribution in [0.3, 0.4) is 0 Å². The van der Waals surface area contributed by atoms with Crippen LogP contribution in [0.25, 0.3) is 0 Å². The van der Waals surface area contributed by atoms with Gasteiger partial charge >= 0.3 is 17.9 Å². The van der Waals surface area contributed by atoms with Gasteiger partial charge in [-0.25, -0.2) is 8.78 Å². The third-order valence-corrected chi connectivity index (χ3v) is 8.82. The molecule has 3 saturated heterocycles. The van der Waals surface area contributed by atoms with E-state index in [1.54, 1.807) is 30.3 Å². The van der Waals surface area contributed by atoms with Crippen molar-refractivity contribution >= 4 is 29.5 Å². The molecule has 0 spiro atoms. The van der Waals surface area contributed by atoms with Crippen molar-refractivity contribution in [1.82, 2.24) is 16.0 Å². The molecule has 6 N–H and O–H groups in total. The van der Waals surface area contributed by atoms with Crippen molar-refractivity contribution < 1.29 is 38.5 Å². The van der Waals surface area contributed by atoms with E-state index in [0.717, 1.165) is 16.7 Å². The SMILES string of the molecule is O=C(O)C1CNCC1c1cccc(F)c1.O=C(O)[C@@H]1CNC[C@H]1c1ccc(F)cc1.O=C(O)[C@@H]1CNC[C@H]1c1ccccc1Cl. The van der Waals surface area contributed by atoms with Crippen molar-refractivity contribution in [2.24, 2.45) is 17.8 Å². The molecule has 0 aromatic heterocycles. The van der Waals surface area contributed by atoms with Crippen molar-refractivity contribution in [3.8, 4) is 0 Å². The highest BCUT2D eigenvalue weighted by atomic mass is 35.5. The zero-order chi connectivity index (χ0) is 32.5. The zero-order valence-corrected chi connectivity index (χ0v) is 25.1. The van der Waals surface area contributed by atoms with Gasteiger partial charge in [0.15, 0.2) is 0 Å². The zero-order valence-electron chi connectivity index (χ0n) is 24.3. The van der Waals surface area contributed by atoms with Gasteiger partial charge in [0.1, 0.15) is 11.6 Å². The molecule has 0 aliphatic carbocycles. The fourth-order valence-corrected chi connectivity index (χ4v) is 6.34. The second-order valence-corrected chi connectivity index (χ2v) is 11.7. The van der Waals surface area contributed by atoms with E-state index < -0.39 is 29.7 Å². The van der Waals surface area contributed by atoms with E-state index in [4.69, 9.17) is 26.9 Å². The summed E-state index contributed by atoms with van der Waals surface area (Å²) in [4.78, 5) is 32.9. The van der Waals surface area contributed by atoms with Crippen molar-refractivity contribution in [3.63, 3.8) is 0 Å². The molecule has 0 bridgehead atoms. The van der Waals surface area contributed by atoms with Gasteiger partial charge in [-0.2, -0.15) is 0 Å². The Balaban J connectivity index is 0.000000154. The minimum absolute atomic E-state index is 0.0174. The summed E-state index contributed by atoms with van der Waals surface area (Å²) in [6.45, 7) is 3.38. The predicted molar refractivity (Wildman–Crippen MR) is 164 cm³/mol. The average Bonchev–Trinajstić information content (AvgIpc) is 3.80. The molecule has 0 radical (unpaired) electrons. The van der Waals surface area contributed by atoms with Gasteiger partial charge in [0, 0.05) is 62.0 Å². The lowest BCUT2D eigenvalue weighted by Crippen LogP contribution is -2.21. The van der Waals surface area contributed by atoms with E-state index >= 15 is 0 Å². The molecular formula is C33H36ClF2N3O6. The van der Waals surface area contributed by atoms with Crippen LogP contribution in [0, 0.1) is 29.4 Å². The first-order valence-electron chi connectivity index (χ1n) is 14.6. The molecule has 6 atom stereocenters. The van der Waals surface area contributed by atoms with Crippen LogP contribution in [0.1, 0.15) is 34.4 Å². The molecule has 3 aliphatic heterocycles. The van der Waals surface area contributed by atoms with Gasteiger partial charge < -0.3 is 31.3 Å². The molecule has 0 amide bonds. The monoisotopic (exact) mass is 643 g/mol. The molecular weight excluding hydrogens is 608 g/mol. The number of rotatable bonds is 6. The highest BCUT2D eigenvalue weighted by molar-refractivity contribution is 6.31. The maximum atomic E-state index is 13.0. The van der Waals surface area contributed by atoms with Crippen LogP contribution in [0.15, 0.2) is 72.8 Å². The normalized spacial score (nSPS) is 25.4. The Morgan fingerprint density at radius 1 is 0.578 bits per heavy atom. The summed E-state index contributed by atoms with van der Waals surface area (Å²) in [5.74, 6) is -4.42. The van der Waals surface area contributed by atoms with Crippen molar-refractivity contribution in [2.45, 2.75) is 17.8 Å². The van der Waals surface area contributed by atoms with Gasteiger partial charge in [-0.15, -0.1) is 0 Å². The minimum Gasteiger partial charge on any atom is -0.481 e. The lowest BCUT2D eigenvalue weighted by atomic mass is 9.89. The summed E-state index contributed by atoms with van der Waals surface area (Å²) in [6, 6.07) is 19.6. The number of carboxylic acid groups (broad SMARTS) is 3. The van der Waals surface area contributed by atoms with Crippen LogP contribution in [-0.4, -0.2) is 72.5 Å². The first kappa shape index (κ1) is 34.0. The van der Waals surface area contributed by atoms with E-state index in [1.165, 1.54) is 24.3 Å². The summed E-state index contributed by atoms with van der Waals surface area (Å²) in [7, 11) is 0. The highest BCUT2D eigenvalue weighted by Crippen LogP contribution is 2.33. The Hall–Kier alpha value is -3.90. The van der Waals surface area contributed by atoms with E-state index in [-0.39, 0.29) is 35.3 Å². The van der Waals surface area contributed by atoms with Gasteiger partial charge in [0.05, 0.1) is 17.8 Å². The van der Waals surface area contributed by atoms with Crippen LogP contribution in [0.2, 0.25) is 5.02 Å². The lowest BCUT2D eigenvalue weighted by molar-refractivity contribution is -0.142. The van der Waals surface area contributed by atoms with Crippen LogP contribution in [0.4, 0.5) is 8.78 Å². The molecule has 3 aromatic rings. The third kappa shape index (κ3) is 8.85. The Bertz CT molecular complexity index is 1480. The second-order valence-electron chi connectivity index (χ2n) is 11.3. The number of nitrogens with one attached hydrogen (secondary N) is 3. The molecule has 3 fully saturated rings. The molecule has 240 valence electrons. The second kappa shape index (κ2) is 15.9. The summed E-state index contributed by atoms with van der Waals surface area (Å²) in [6.07, 6.45) is 0. The number of halogens is 3. The average molecular weight is 644 g/mol. The lowest BCUT2D eigenvalue weighted by Gasteiger charge is -2.16. The maximum absolute atomic E-state index is 13.0. The quantitative estimate of drug-likeness (QED) is 0.233. The number of carboxylic acids is 3. The number of benzene rings is 3. The first-order chi connectivity index (χ1) is 21.6. The molecule has 12 heteroatoms. The Kier molecular flexibility index (Phi) is 12.0. The molecule has 2 unspecified atom stereocenters. The number of carbonyl (C=O) groups is 3. The van der Waals surface area contributed by atoms with E-state index in [0.29, 0.717) is 44.3 Å². The molecule has 45 heavy (non-hydrogen) atoms. The summed E-state index contributed by atoms with van der Waals surface area (Å²) >= 11 is 6.05. The van der Waals surface area contributed by atoms with E-state index in [2.05, 4.69) is 16.0 Å². The van der Waals surface area contributed by atoms with Gasteiger partial charge in [-0.1, -0.05) is 54.1 Å². The van der Waals surface area contributed by atoms with Crippen molar-refractivity contribution in [3.05, 3.63) is 106 Å². The predicted octanol–water partition coefficient (Wildman–Crippen LogP) is 4.15. The van der Waals surface area contributed by atoms with Gasteiger partial charge in [-0.05, 0) is 47.0 Å². The minimum atomic E-state index is -0.825. The smallest absolute Gasteiger partial charge is 0.308 e. The van der Waals surface area contributed by atoms with E-state index in [9.17, 15) is 23.2 Å². The van der Waals surface area contributed by atoms with Crippen LogP contribution < -0.4 is 16.0 Å². The Labute approximate surface area is 264 Å². The van der Waals surface area contributed by atoms with Crippen molar-refractivity contribution in [2.75, 3.05) is 39.3 Å². The molecule has 9 nitrogen and oxygen atoms in total. The largest absolute Gasteiger partial charge is 0.481 e. The van der Waals surface area contributed by atoms with Crippen LogP contribution >= 0.6 is 11.6 Å². The number of aliphatic carboxylic acids is 3. The van der Waals surface area contributed by atoms with Crippen molar-refractivity contribution in [1.29, 1.82) is 0 Å². The topological polar surface area (TPSA) is 148 Å². The van der Waals surface area contributed by atoms with E-state index in [1.807, 2.05) is 18.2 Å². The Morgan fingerprint density at radius 3 is 1.58 bits per heavy atom.